The van der Waals surface area contributed by atoms with Gasteiger partial charge in [-0.3, -0.25) is 25.1 Å². The topological polar surface area (TPSA) is 81.3 Å². The van der Waals surface area contributed by atoms with E-state index in [-0.39, 0.29) is 5.69 Å². The first kappa shape index (κ1) is 11.8. The van der Waals surface area contributed by atoms with Gasteiger partial charge in [0.1, 0.15) is 0 Å². The third-order valence-corrected chi connectivity index (χ3v) is 2.18. The van der Waals surface area contributed by atoms with Gasteiger partial charge in [-0.05, 0) is 12.1 Å². The maximum Gasteiger partial charge on any atom is 0.273 e. The lowest BCUT2D eigenvalue weighted by molar-refractivity contribution is -0.384. The molecular weight excluding hydrogens is 232 g/mol. The van der Waals surface area contributed by atoms with Crippen molar-refractivity contribution in [1.29, 1.82) is 0 Å². The van der Waals surface area contributed by atoms with E-state index < -0.39 is 4.92 Å². The monoisotopic (exact) mass is 242 g/mol. The van der Waals surface area contributed by atoms with Crippen molar-refractivity contribution >= 4 is 11.9 Å². The maximum absolute atomic E-state index is 10.6. The number of aromatic nitrogens is 2. The zero-order chi connectivity index (χ0) is 12.8. The van der Waals surface area contributed by atoms with Gasteiger partial charge in [0, 0.05) is 30.7 Å². The van der Waals surface area contributed by atoms with Gasteiger partial charge in [0.05, 0.1) is 22.9 Å². The Balaban J connectivity index is 2.05. The number of pyridine rings is 2. The molecule has 0 aliphatic heterocycles. The van der Waals surface area contributed by atoms with Gasteiger partial charge in [-0.25, -0.2) is 0 Å². The Hall–Kier alpha value is -2.63. The molecule has 0 saturated heterocycles. The maximum atomic E-state index is 10.6. The highest BCUT2D eigenvalue weighted by atomic mass is 16.6. The Morgan fingerprint density at radius 3 is 2.89 bits per heavy atom. The van der Waals surface area contributed by atoms with Gasteiger partial charge >= 0.3 is 0 Å². The first-order chi connectivity index (χ1) is 8.75. The van der Waals surface area contributed by atoms with Gasteiger partial charge in [-0.2, -0.15) is 0 Å². The minimum absolute atomic E-state index is 0.00397. The molecule has 6 nitrogen and oxygen atoms in total. The van der Waals surface area contributed by atoms with Gasteiger partial charge in [0.2, 0.25) is 0 Å². The van der Waals surface area contributed by atoms with Gasteiger partial charge in [-0.15, -0.1) is 0 Å². The normalized spacial score (nSPS) is 10.7. The highest BCUT2D eigenvalue weighted by Gasteiger charge is 2.04. The van der Waals surface area contributed by atoms with Crippen LogP contribution in [-0.4, -0.2) is 21.1 Å². The highest BCUT2D eigenvalue weighted by molar-refractivity contribution is 5.77. The number of rotatable bonds is 4. The molecule has 0 unspecified atom stereocenters. The van der Waals surface area contributed by atoms with E-state index >= 15 is 0 Å². The van der Waals surface area contributed by atoms with Gasteiger partial charge in [-0.1, -0.05) is 6.07 Å². The molecule has 0 aliphatic rings. The SMILES string of the molecule is O=[N+]([O-])c1ccnc(C=NCc2ccccn2)c1. The van der Waals surface area contributed by atoms with E-state index in [1.165, 1.54) is 24.5 Å². The van der Waals surface area contributed by atoms with Crippen LogP contribution >= 0.6 is 0 Å². The summed E-state index contributed by atoms with van der Waals surface area (Å²) in [5.74, 6) is 0. The van der Waals surface area contributed by atoms with E-state index in [1.807, 2.05) is 18.2 Å². The molecule has 0 saturated carbocycles. The van der Waals surface area contributed by atoms with Crippen molar-refractivity contribution in [2.75, 3.05) is 0 Å². The summed E-state index contributed by atoms with van der Waals surface area (Å²) < 4.78 is 0. The summed E-state index contributed by atoms with van der Waals surface area (Å²) in [4.78, 5) is 22.3. The molecule has 90 valence electrons. The summed E-state index contributed by atoms with van der Waals surface area (Å²) in [7, 11) is 0. The van der Waals surface area contributed by atoms with Crippen molar-refractivity contribution < 1.29 is 4.92 Å². The first-order valence-corrected chi connectivity index (χ1v) is 5.26. The molecule has 0 spiro atoms. The van der Waals surface area contributed by atoms with Crippen LogP contribution in [-0.2, 0) is 6.54 Å². The Morgan fingerprint density at radius 1 is 1.28 bits per heavy atom. The highest BCUT2D eigenvalue weighted by Crippen LogP contribution is 2.09. The molecule has 2 rings (SSSR count). The van der Waals surface area contributed by atoms with Crippen LogP contribution < -0.4 is 0 Å². The third kappa shape index (κ3) is 3.18. The second kappa shape index (κ2) is 5.62. The molecule has 2 aromatic rings. The fourth-order valence-corrected chi connectivity index (χ4v) is 1.35. The summed E-state index contributed by atoms with van der Waals surface area (Å²) in [5.41, 5.74) is 1.29. The number of hydrogen-bond acceptors (Lipinski definition) is 5. The number of aliphatic imine (C=N–C) groups is 1. The Bertz CT molecular complexity index is 569. The molecule has 0 radical (unpaired) electrons. The molecule has 0 bridgehead atoms. The van der Waals surface area contributed by atoms with Crippen molar-refractivity contribution in [1.82, 2.24) is 9.97 Å². The molecule has 6 heteroatoms. The number of nitro groups is 1. The fraction of sp³-hybridized carbons (Fsp3) is 0.0833. The minimum atomic E-state index is -0.461. The van der Waals surface area contributed by atoms with Crippen molar-refractivity contribution in [2.45, 2.75) is 6.54 Å². The lowest BCUT2D eigenvalue weighted by Gasteiger charge is -1.95. The molecule has 0 aromatic carbocycles. The summed E-state index contributed by atoms with van der Waals surface area (Å²) in [6.07, 6.45) is 4.58. The molecule has 2 heterocycles. The van der Waals surface area contributed by atoms with Gasteiger partial charge in [0.25, 0.3) is 5.69 Å². The van der Waals surface area contributed by atoms with Crippen LogP contribution in [0.15, 0.2) is 47.7 Å². The summed E-state index contributed by atoms with van der Waals surface area (Å²) >= 11 is 0. The van der Waals surface area contributed by atoms with E-state index in [0.29, 0.717) is 12.2 Å². The molecule has 0 aliphatic carbocycles. The van der Waals surface area contributed by atoms with Crippen LogP contribution in [0, 0.1) is 10.1 Å². The zero-order valence-electron chi connectivity index (χ0n) is 9.43. The second-order valence-electron chi connectivity index (χ2n) is 3.49. The van der Waals surface area contributed by atoms with Gasteiger partial charge in [0.15, 0.2) is 0 Å². The first-order valence-electron chi connectivity index (χ1n) is 5.26. The Labute approximate surface area is 103 Å². The quantitative estimate of drug-likeness (QED) is 0.466. The molecule has 0 amide bonds. The van der Waals surface area contributed by atoms with E-state index in [9.17, 15) is 10.1 Å². The minimum Gasteiger partial charge on any atom is -0.285 e. The van der Waals surface area contributed by atoms with Crippen molar-refractivity contribution in [2.24, 2.45) is 4.99 Å². The van der Waals surface area contributed by atoms with E-state index in [2.05, 4.69) is 15.0 Å². The van der Waals surface area contributed by atoms with Crippen LogP contribution in [0.5, 0.6) is 0 Å². The van der Waals surface area contributed by atoms with E-state index in [1.54, 1.807) is 6.20 Å². The van der Waals surface area contributed by atoms with Crippen molar-refractivity contribution in [3.63, 3.8) is 0 Å². The zero-order valence-corrected chi connectivity index (χ0v) is 9.43. The summed E-state index contributed by atoms with van der Waals surface area (Å²) in [6.45, 7) is 0.422. The van der Waals surface area contributed by atoms with Gasteiger partial charge < -0.3 is 0 Å². The molecule has 0 atom stereocenters. The lowest BCUT2D eigenvalue weighted by Crippen LogP contribution is -1.93. The average Bonchev–Trinajstić information content (AvgIpc) is 2.40. The molecule has 0 N–H and O–H groups in total. The largest absolute Gasteiger partial charge is 0.285 e. The number of hydrogen-bond donors (Lipinski definition) is 0. The Kier molecular flexibility index (Phi) is 3.70. The smallest absolute Gasteiger partial charge is 0.273 e. The molecule has 0 fully saturated rings. The second-order valence-corrected chi connectivity index (χ2v) is 3.49. The van der Waals surface area contributed by atoms with Crippen LogP contribution in [0.3, 0.4) is 0 Å². The molecular formula is C12H10N4O2. The van der Waals surface area contributed by atoms with Crippen LogP contribution in [0.25, 0.3) is 0 Å². The van der Waals surface area contributed by atoms with Crippen molar-refractivity contribution in [3.05, 3.63) is 64.2 Å². The van der Waals surface area contributed by atoms with E-state index in [4.69, 9.17) is 0 Å². The average molecular weight is 242 g/mol. The standard InChI is InChI=1S/C12H10N4O2/c17-16(18)12-4-6-15-11(7-12)9-13-8-10-3-1-2-5-14-10/h1-7,9H,8H2. The molecule has 18 heavy (non-hydrogen) atoms. The summed E-state index contributed by atoms with van der Waals surface area (Å²) in [6, 6.07) is 8.29. The van der Waals surface area contributed by atoms with Crippen LogP contribution in [0.4, 0.5) is 5.69 Å². The van der Waals surface area contributed by atoms with Crippen molar-refractivity contribution in [3.8, 4) is 0 Å². The summed E-state index contributed by atoms with van der Waals surface area (Å²) in [5, 5.41) is 10.6. The Morgan fingerprint density at radius 2 is 2.17 bits per heavy atom. The number of nitrogens with zero attached hydrogens (tertiary/aromatic N) is 4. The van der Waals surface area contributed by atoms with E-state index in [0.717, 1.165) is 5.69 Å². The molecule has 2 aromatic heterocycles. The van der Waals surface area contributed by atoms with Crippen LogP contribution in [0.1, 0.15) is 11.4 Å². The predicted molar refractivity (Wildman–Crippen MR) is 66.4 cm³/mol. The predicted octanol–water partition coefficient (Wildman–Crippen LogP) is 2.00. The lowest BCUT2D eigenvalue weighted by atomic mass is 10.3. The van der Waals surface area contributed by atoms with Crippen LogP contribution in [0.2, 0.25) is 0 Å². The fourth-order valence-electron chi connectivity index (χ4n) is 1.35. The third-order valence-electron chi connectivity index (χ3n) is 2.18.